The number of hydrogen-bond acceptors (Lipinski definition) is 3. The number of carboxylic acid groups (broad SMARTS) is 1. The van der Waals surface area contributed by atoms with Gasteiger partial charge >= 0.3 is 5.97 Å². The van der Waals surface area contributed by atoms with Gasteiger partial charge in [-0.25, -0.2) is 4.79 Å². The summed E-state index contributed by atoms with van der Waals surface area (Å²) in [5.41, 5.74) is 6.99. The highest BCUT2D eigenvalue weighted by atomic mass is 16.4. The molecule has 5 rings (SSSR count). The highest BCUT2D eigenvalue weighted by Crippen LogP contribution is 2.38. The Kier molecular flexibility index (Phi) is 5.52. The van der Waals surface area contributed by atoms with Gasteiger partial charge in [0.05, 0.1) is 16.9 Å². The maximum absolute atomic E-state index is 11.1. The number of hydrogen-bond donors (Lipinski definition) is 2. The highest BCUT2D eigenvalue weighted by molar-refractivity contribution is 5.99. The van der Waals surface area contributed by atoms with Crippen LogP contribution in [0.15, 0.2) is 113 Å². The van der Waals surface area contributed by atoms with Gasteiger partial charge in [-0.3, -0.25) is 0 Å². The van der Waals surface area contributed by atoms with Gasteiger partial charge in [-0.15, -0.1) is 5.11 Å². The van der Waals surface area contributed by atoms with Crippen molar-refractivity contribution in [3.63, 3.8) is 0 Å². The summed E-state index contributed by atoms with van der Waals surface area (Å²) < 4.78 is 0. The summed E-state index contributed by atoms with van der Waals surface area (Å²) >= 11 is 0. The van der Waals surface area contributed by atoms with Crippen LogP contribution in [0.4, 0.5) is 11.4 Å². The number of H-pyrrole nitrogens is 1. The Morgan fingerprint density at radius 1 is 0.727 bits per heavy atom. The lowest BCUT2D eigenvalue weighted by Gasteiger charge is -2.05. The molecule has 0 fully saturated rings. The largest absolute Gasteiger partial charge is 0.478 e. The standard InChI is InChI=1S/C28H21N3O2/c32-28(33)22-14-16-23(17-15-22)30-31-27-24-8-4-5-9-25(24)29-26(27)21-12-10-20(11-13-21)18-19-6-2-1-3-7-19/h1-17,29H,18H2,(H,32,33). The summed E-state index contributed by atoms with van der Waals surface area (Å²) in [6, 6.07) is 33.2. The molecule has 4 aromatic carbocycles. The maximum atomic E-state index is 11.1. The van der Waals surface area contributed by atoms with Crippen LogP contribution in [-0.2, 0) is 6.42 Å². The Morgan fingerprint density at radius 3 is 2.12 bits per heavy atom. The molecule has 0 aliphatic heterocycles. The molecule has 0 aliphatic rings. The second-order valence-electron chi connectivity index (χ2n) is 7.81. The number of benzene rings is 4. The summed E-state index contributed by atoms with van der Waals surface area (Å²) in [5, 5.41) is 19.0. The number of aromatic nitrogens is 1. The molecule has 5 aromatic rings. The van der Waals surface area contributed by atoms with E-state index in [-0.39, 0.29) is 5.56 Å². The predicted molar refractivity (Wildman–Crippen MR) is 131 cm³/mol. The summed E-state index contributed by atoms with van der Waals surface area (Å²) in [4.78, 5) is 14.6. The van der Waals surface area contributed by atoms with E-state index in [2.05, 4.69) is 63.7 Å². The van der Waals surface area contributed by atoms with Gasteiger partial charge in [-0.05, 0) is 47.9 Å². The number of nitrogens with one attached hydrogen (secondary N) is 1. The Hall–Kier alpha value is -4.51. The molecule has 5 heteroatoms. The average Bonchev–Trinajstić information content (AvgIpc) is 3.23. The van der Waals surface area contributed by atoms with Crippen LogP contribution >= 0.6 is 0 Å². The van der Waals surface area contributed by atoms with E-state index in [1.54, 1.807) is 12.1 Å². The third kappa shape index (κ3) is 4.43. The van der Waals surface area contributed by atoms with Crippen molar-refractivity contribution in [2.45, 2.75) is 6.42 Å². The molecule has 1 heterocycles. The summed E-state index contributed by atoms with van der Waals surface area (Å²) in [5.74, 6) is -0.965. The van der Waals surface area contributed by atoms with Crippen LogP contribution in [0.5, 0.6) is 0 Å². The lowest BCUT2D eigenvalue weighted by atomic mass is 10.0. The van der Waals surface area contributed by atoms with Gasteiger partial charge < -0.3 is 10.1 Å². The van der Waals surface area contributed by atoms with Gasteiger partial charge in [0.15, 0.2) is 0 Å². The SMILES string of the molecule is O=C(O)c1ccc(N=Nc2c(-c3ccc(Cc4ccccc4)cc3)[nH]c3ccccc23)cc1. The van der Waals surface area contributed by atoms with E-state index in [0.717, 1.165) is 34.3 Å². The minimum absolute atomic E-state index is 0.220. The second-order valence-corrected chi connectivity index (χ2v) is 7.81. The number of azo groups is 1. The first-order valence-electron chi connectivity index (χ1n) is 10.7. The Bertz CT molecular complexity index is 1430. The van der Waals surface area contributed by atoms with E-state index in [0.29, 0.717) is 5.69 Å². The second kappa shape index (κ2) is 8.93. The molecule has 5 nitrogen and oxygen atoms in total. The van der Waals surface area contributed by atoms with Crippen molar-refractivity contribution in [3.8, 4) is 11.3 Å². The minimum Gasteiger partial charge on any atom is -0.478 e. The quantitative estimate of drug-likeness (QED) is 0.272. The Balaban J connectivity index is 1.48. The predicted octanol–water partition coefficient (Wildman–Crippen LogP) is 7.54. The van der Waals surface area contributed by atoms with Crippen LogP contribution in [0, 0.1) is 0 Å². The van der Waals surface area contributed by atoms with E-state index in [9.17, 15) is 4.79 Å². The minimum atomic E-state index is -0.965. The number of carbonyl (C=O) groups is 1. The molecule has 1 aromatic heterocycles. The molecule has 33 heavy (non-hydrogen) atoms. The van der Waals surface area contributed by atoms with Crippen molar-refractivity contribution in [1.82, 2.24) is 4.98 Å². The molecule has 0 atom stereocenters. The lowest BCUT2D eigenvalue weighted by molar-refractivity contribution is 0.0697. The molecule has 0 saturated heterocycles. The van der Waals surface area contributed by atoms with Crippen molar-refractivity contribution < 1.29 is 9.90 Å². The number of fused-ring (bicyclic) bond motifs is 1. The monoisotopic (exact) mass is 431 g/mol. The molecule has 0 saturated carbocycles. The zero-order valence-corrected chi connectivity index (χ0v) is 17.8. The summed E-state index contributed by atoms with van der Waals surface area (Å²) in [6.07, 6.45) is 0.882. The van der Waals surface area contributed by atoms with E-state index >= 15 is 0 Å². The number of aromatic amines is 1. The molecule has 0 radical (unpaired) electrons. The molecule has 0 aliphatic carbocycles. The van der Waals surface area contributed by atoms with Crippen LogP contribution in [-0.4, -0.2) is 16.1 Å². The third-order valence-corrected chi connectivity index (χ3v) is 5.55. The zero-order valence-electron chi connectivity index (χ0n) is 17.8. The normalized spacial score (nSPS) is 11.3. The molecule has 0 unspecified atom stereocenters. The smallest absolute Gasteiger partial charge is 0.335 e. The van der Waals surface area contributed by atoms with Crippen molar-refractivity contribution in [2.75, 3.05) is 0 Å². The number of para-hydroxylation sites is 1. The van der Waals surface area contributed by atoms with Crippen LogP contribution in [0.1, 0.15) is 21.5 Å². The fraction of sp³-hybridized carbons (Fsp3) is 0.0357. The first-order chi connectivity index (χ1) is 16.2. The van der Waals surface area contributed by atoms with Gasteiger partial charge in [0, 0.05) is 16.5 Å². The topological polar surface area (TPSA) is 77.8 Å². The Labute approximate surface area is 191 Å². The molecule has 0 bridgehead atoms. The maximum Gasteiger partial charge on any atom is 0.335 e. The van der Waals surface area contributed by atoms with Crippen LogP contribution in [0.3, 0.4) is 0 Å². The van der Waals surface area contributed by atoms with Crippen LogP contribution in [0.25, 0.3) is 22.2 Å². The van der Waals surface area contributed by atoms with Crippen molar-refractivity contribution in [3.05, 3.63) is 120 Å². The van der Waals surface area contributed by atoms with Crippen LogP contribution < -0.4 is 0 Å². The van der Waals surface area contributed by atoms with E-state index in [1.165, 1.54) is 23.3 Å². The summed E-state index contributed by atoms with van der Waals surface area (Å²) in [7, 11) is 0. The number of aromatic carboxylic acids is 1. The first kappa shape index (κ1) is 20.4. The van der Waals surface area contributed by atoms with E-state index < -0.39 is 5.97 Å². The number of rotatable bonds is 6. The summed E-state index contributed by atoms with van der Waals surface area (Å²) in [6.45, 7) is 0. The van der Waals surface area contributed by atoms with Crippen molar-refractivity contribution in [1.29, 1.82) is 0 Å². The van der Waals surface area contributed by atoms with E-state index in [4.69, 9.17) is 5.11 Å². The third-order valence-electron chi connectivity index (χ3n) is 5.55. The fourth-order valence-corrected chi connectivity index (χ4v) is 3.84. The first-order valence-corrected chi connectivity index (χ1v) is 10.7. The van der Waals surface area contributed by atoms with Gasteiger partial charge in [0.25, 0.3) is 0 Å². The van der Waals surface area contributed by atoms with E-state index in [1.807, 2.05) is 30.3 Å². The number of nitrogens with zero attached hydrogens (tertiary/aromatic N) is 2. The average molecular weight is 431 g/mol. The molecule has 0 amide bonds. The van der Waals surface area contributed by atoms with Gasteiger partial charge in [-0.1, -0.05) is 72.8 Å². The van der Waals surface area contributed by atoms with Crippen LogP contribution in [0.2, 0.25) is 0 Å². The molecule has 0 spiro atoms. The van der Waals surface area contributed by atoms with Crippen molar-refractivity contribution >= 4 is 28.2 Å². The van der Waals surface area contributed by atoms with Crippen molar-refractivity contribution in [2.24, 2.45) is 10.2 Å². The lowest BCUT2D eigenvalue weighted by Crippen LogP contribution is -1.93. The number of carboxylic acids is 1. The highest BCUT2D eigenvalue weighted by Gasteiger charge is 2.13. The zero-order chi connectivity index (χ0) is 22.6. The van der Waals surface area contributed by atoms with Gasteiger partial charge in [0.1, 0.15) is 5.69 Å². The fourth-order valence-electron chi connectivity index (χ4n) is 3.84. The molecular weight excluding hydrogens is 410 g/mol. The molecule has 2 N–H and O–H groups in total. The Morgan fingerprint density at radius 2 is 1.39 bits per heavy atom. The molecule has 160 valence electrons. The molecular formula is C28H21N3O2. The van der Waals surface area contributed by atoms with Gasteiger partial charge in [0.2, 0.25) is 0 Å². The van der Waals surface area contributed by atoms with Gasteiger partial charge in [-0.2, -0.15) is 5.11 Å².